The molecule has 0 saturated heterocycles. The number of halogens is 2. The van der Waals surface area contributed by atoms with E-state index in [1.807, 2.05) is 30.3 Å². The van der Waals surface area contributed by atoms with Crippen LogP contribution in [-0.2, 0) is 22.4 Å². The highest BCUT2D eigenvalue weighted by atomic mass is 19.1. The Morgan fingerprint density at radius 2 is 1.91 bits per heavy atom. The van der Waals surface area contributed by atoms with E-state index in [4.69, 9.17) is 9.84 Å². The molecule has 1 atom stereocenters. The Balaban J connectivity index is 1.38. The molecule has 4 bridgehead atoms. The van der Waals surface area contributed by atoms with Crippen LogP contribution in [0.25, 0.3) is 22.3 Å². The number of hydrogen-bond acceptors (Lipinski definition) is 4. The SMILES string of the molecule is O=C(O)CCc1cccc(C2CCCCCNC(=O)CCc3c(c(F)cc4[nH]ccc34)Oc3ccc(F)c(c3)-c3ncc2[nH]3)c1. The van der Waals surface area contributed by atoms with Crippen molar-refractivity contribution in [3.63, 3.8) is 0 Å². The van der Waals surface area contributed by atoms with E-state index in [2.05, 4.69) is 20.3 Å². The number of nitrogens with zero attached hydrogens (tertiary/aromatic N) is 1. The van der Waals surface area contributed by atoms with Crippen molar-refractivity contribution in [1.29, 1.82) is 0 Å². The number of H-pyrrole nitrogens is 2. The molecule has 1 unspecified atom stereocenters. The molecule has 0 aliphatic carbocycles. The summed E-state index contributed by atoms with van der Waals surface area (Å²) < 4.78 is 36.7. The number of imidazole rings is 1. The highest BCUT2D eigenvalue weighted by Crippen LogP contribution is 2.37. The third-order valence-electron chi connectivity index (χ3n) is 8.32. The molecule has 6 rings (SSSR count). The summed E-state index contributed by atoms with van der Waals surface area (Å²) in [5, 5.41) is 12.9. The Labute approximate surface area is 258 Å². The maximum absolute atomic E-state index is 15.4. The average molecular weight is 613 g/mol. The molecule has 3 aromatic carbocycles. The molecule has 0 radical (unpaired) electrons. The monoisotopic (exact) mass is 612 g/mol. The largest absolute Gasteiger partial charge is 0.481 e. The highest BCUT2D eigenvalue weighted by molar-refractivity contribution is 5.86. The topological polar surface area (TPSA) is 120 Å². The summed E-state index contributed by atoms with van der Waals surface area (Å²) in [5.41, 5.74) is 4.05. The third kappa shape index (κ3) is 6.90. The number of carbonyl (C=O) groups excluding carboxylic acids is 1. The van der Waals surface area contributed by atoms with Crippen molar-refractivity contribution in [3.8, 4) is 22.9 Å². The van der Waals surface area contributed by atoms with Gasteiger partial charge in [-0.05, 0) is 61.1 Å². The molecule has 232 valence electrons. The van der Waals surface area contributed by atoms with Crippen LogP contribution in [0.4, 0.5) is 8.78 Å². The molecular formula is C35H34F2N4O4. The van der Waals surface area contributed by atoms with E-state index in [0.717, 1.165) is 47.9 Å². The van der Waals surface area contributed by atoms with Crippen LogP contribution in [0, 0.1) is 11.6 Å². The lowest BCUT2D eigenvalue weighted by Crippen LogP contribution is -2.24. The minimum Gasteiger partial charge on any atom is -0.481 e. The van der Waals surface area contributed by atoms with Crippen LogP contribution in [0.5, 0.6) is 11.5 Å². The number of carbonyl (C=O) groups is 2. The van der Waals surface area contributed by atoms with Gasteiger partial charge in [0.15, 0.2) is 11.6 Å². The van der Waals surface area contributed by atoms with Crippen molar-refractivity contribution in [2.24, 2.45) is 0 Å². The van der Waals surface area contributed by atoms with Gasteiger partial charge in [0.25, 0.3) is 0 Å². The molecule has 4 N–H and O–H groups in total. The zero-order valence-electron chi connectivity index (χ0n) is 24.7. The number of aromatic amines is 2. The minimum absolute atomic E-state index is 0.00616. The van der Waals surface area contributed by atoms with Gasteiger partial charge in [-0.2, -0.15) is 0 Å². The number of carboxylic acid groups (broad SMARTS) is 1. The number of ether oxygens (including phenoxy) is 1. The van der Waals surface area contributed by atoms with Crippen LogP contribution in [0.1, 0.15) is 66.8 Å². The number of aromatic nitrogens is 3. The number of carboxylic acids is 1. The number of rotatable bonds is 4. The number of fused-ring (bicyclic) bond motifs is 8. The number of aryl methyl sites for hydroxylation is 2. The van der Waals surface area contributed by atoms with Crippen LogP contribution >= 0.6 is 0 Å². The first-order chi connectivity index (χ1) is 21.9. The fourth-order valence-corrected chi connectivity index (χ4v) is 6.02. The van der Waals surface area contributed by atoms with Crippen molar-refractivity contribution in [3.05, 3.63) is 101 Å². The molecular weight excluding hydrogens is 578 g/mol. The summed E-state index contributed by atoms with van der Waals surface area (Å²) in [7, 11) is 0. The Morgan fingerprint density at radius 3 is 2.78 bits per heavy atom. The Bertz CT molecular complexity index is 1850. The molecule has 8 nitrogen and oxygen atoms in total. The predicted octanol–water partition coefficient (Wildman–Crippen LogP) is 7.40. The molecule has 45 heavy (non-hydrogen) atoms. The zero-order chi connectivity index (χ0) is 31.3. The Morgan fingerprint density at radius 1 is 1.02 bits per heavy atom. The average Bonchev–Trinajstić information content (AvgIpc) is 3.70. The van der Waals surface area contributed by atoms with Gasteiger partial charge < -0.3 is 25.1 Å². The van der Waals surface area contributed by atoms with Crippen molar-refractivity contribution in [2.75, 3.05) is 6.54 Å². The van der Waals surface area contributed by atoms with Gasteiger partial charge >= 0.3 is 5.97 Å². The lowest BCUT2D eigenvalue weighted by molar-refractivity contribution is -0.137. The van der Waals surface area contributed by atoms with Crippen molar-refractivity contribution in [1.82, 2.24) is 20.3 Å². The van der Waals surface area contributed by atoms with Crippen molar-refractivity contribution in [2.45, 2.75) is 57.3 Å². The maximum atomic E-state index is 15.4. The van der Waals surface area contributed by atoms with E-state index in [-0.39, 0.29) is 48.2 Å². The summed E-state index contributed by atoms with van der Waals surface area (Å²) in [5.74, 6) is -1.65. The normalized spacial score (nSPS) is 16.1. The van der Waals surface area contributed by atoms with Gasteiger partial charge in [0.1, 0.15) is 17.4 Å². The minimum atomic E-state index is -0.852. The third-order valence-corrected chi connectivity index (χ3v) is 8.32. The number of hydrogen-bond donors (Lipinski definition) is 4. The molecule has 10 heteroatoms. The first kappa shape index (κ1) is 30.1. The van der Waals surface area contributed by atoms with Gasteiger partial charge in [0.05, 0.1) is 5.56 Å². The maximum Gasteiger partial charge on any atom is 0.303 e. The van der Waals surface area contributed by atoms with Gasteiger partial charge in [-0.15, -0.1) is 0 Å². The molecule has 3 heterocycles. The molecule has 5 aromatic rings. The standard InChI is InChI=1S/C35H34F2N4O4/c36-28-11-9-23-18-27(28)35-40-20-31(41-35)24(22-6-4-5-21(17-22)8-13-33(43)44)7-2-1-3-15-39-32(42)12-10-26-25-14-16-38-30(25)19-29(37)34(26)45-23/h4-6,9,11,14,16-20,24,38H,1-3,7-8,10,12-13,15H2,(H,39,42)(H,40,41)(H,43,44). The Kier molecular flexibility index (Phi) is 8.91. The van der Waals surface area contributed by atoms with E-state index in [1.54, 1.807) is 12.4 Å². The predicted molar refractivity (Wildman–Crippen MR) is 166 cm³/mol. The second-order valence-electron chi connectivity index (χ2n) is 11.4. The van der Waals surface area contributed by atoms with Gasteiger partial charge in [-0.25, -0.2) is 13.8 Å². The summed E-state index contributed by atoms with van der Waals surface area (Å²) in [6.45, 7) is 0.527. The van der Waals surface area contributed by atoms with E-state index in [0.29, 0.717) is 29.9 Å². The molecule has 1 aliphatic heterocycles. The van der Waals surface area contributed by atoms with Crippen LogP contribution in [-0.4, -0.2) is 38.5 Å². The fraction of sp³-hybridized carbons (Fsp3) is 0.286. The molecule has 1 amide bonds. The van der Waals surface area contributed by atoms with Gasteiger partial charge in [0.2, 0.25) is 5.91 Å². The van der Waals surface area contributed by atoms with Crippen LogP contribution < -0.4 is 10.1 Å². The van der Waals surface area contributed by atoms with E-state index >= 15 is 8.78 Å². The highest BCUT2D eigenvalue weighted by Gasteiger charge is 2.22. The van der Waals surface area contributed by atoms with Crippen LogP contribution in [0.2, 0.25) is 0 Å². The number of benzene rings is 3. The van der Waals surface area contributed by atoms with Crippen LogP contribution in [0.3, 0.4) is 0 Å². The first-order valence-electron chi connectivity index (χ1n) is 15.2. The smallest absolute Gasteiger partial charge is 0.303 e. The van der Waals surface area contributed by atoms with Gasteiger partial charge in [-0.1, -0.05) is 37.1 Å². The van der Waals surface area contributed by atoms with E-state index in [9.17, 15) is 9.59 Å². The lowest BCUT2D eigenvalue weighted by Gasteiger charge is -2.17. The number of aliphatic carboxylic acids is 1. The number of nitrogens with one attached hydrogen (secondary N) is 3. The summed E-state index contributed by atoms with van der Waals surface area (Å²) in [6, 6.07) is 15.2. The lowest BCUT2D eigenvalue weighted by atomic mass is 9.89. The molecule has 1 aliphatic rings. The van der Waals surface area contributed by atoms with Gasteiger partial charge in [0, 0.05) is 65.9 Å². The summed E-state index contributed by atoms with van der Waals surface area (Å²) in [4.78, 5) is 34.8. The molecule has 0 fully saturated rings. The first-order valence-corrected chi connectivity index (χ1v) is 15.2. The zero-order valence-corrected chi connectivity index (χ0v) is 24.7. The second kappa shape index (κ2) is 13.3. The second-order valence-corrected chi connectivity index (χ2v) is 11.4. The molecule has 0 saturated carbocycles. The quantitative estimate of drug-likeness (QED) is 0.169. The number of amides is 1. The van der Waals surface area contributed by atoms with Crippen molar-refractivity contribution >= 4 is 22.8 Å². The van der Waals surface area contributed by atoms with Gasteiger partial charge in [-0.3, -0.25) is 9.59 Å². The summed E-state index contributed by atoms with van der Waals surface area (Å²) in [6.07, 6.45) is 7.58. The fourth-order valence-electron chi connectivity index (χ4n) is 6.02. The van der Waals surface area contributed by atoms with Crippen molar-refractivity contribution < 1.29 is 28.2 Å². The van der Waals surface area contributed by atoms with E-state index < -0.39 is 17.6 Å². The molecule has 2 aromatic heterocycles. The Hall–Kier alpha value is -4.99. The van der Waals surface area contributed by atoms with E-state index in [1.165, 1.54) is 24.3 Å². The van der Waals surface area contributed by atoms with Crippen LogP contribution in [0.15, 0.2) is 67.0 Å². The molecule has 0 spiro atoms. The summed E-state index contributed by atoms with van der Waals surface area (Å²) >= 11 is 0.